The van der Waals surface area contributed by atoms with Crippen LogP contribution in [0.25, 0.3) is 10.9 Å². The molecule has 0 saturated carbocycles. The van der Waals surface area contributed by atoms with Gasteiger partial charge in [0.05, 0.1) is 12.0 Å². The van der Waals surface area contributed by atoms with Gasteiger partial charge in [-0.3, -0.25) is 10.1 Å². The smallest absolute Gasteiger partial charge is 0.409 e. The lowest BCUT2D eigenvalue weighted by Crippen LogP contribution is -2.55. The lowest BCUT2D eigenvalue weighted by molar-refractivity contribution is -0.384. The van der Waals surface area contributed by atoms with Crippen LogP contribution in [-0.4, -0.2) is 51.5 Å². The van der Waals surface area contributed by atoms with Crippen molar-refractivity contribution in [2.75, 3.05) is 26.8 Å². The molecule has 0 radical (unpaired) electrons. The second-order valence-electron chi connectivity index (χ2n) is 9.40. The van der Waals surface area contributed by atoms with Crippen LogP contribution in [-0.2, 0) is 23.0 Å². The first-order chi connectivity index (χ1) is 17.1. The minimum absolute atomic E-state index is 0.0319. The van der Waals surface area contributed by atoms with Crippen molar-refractivity contribution in [3.63, 3.8) is 0 Å². The van der Waals surface area contributed by atoms with Crippen LogP contribution in [0.1, 0.15) is 23.2 Å². The molecule has 1 aromatic heterocycles. The Balaban J connectivity index is 1.54. The summed E-state index contributed by atoms with van der Waals surface area (Å²) in [5, 5.41) is 12.2. The maximum Gasteiger partial charge on any atom is 0.409 e. The fourth-order valence-corrected chi connectivity index (χ4v) is 5.89. The van der Waals surface area contributed by atoms with Gasteiger partial charge >= 0.3 is 6.09 Å². The normalized spacial score (nSPS) is 21.6. The molecule has 1 aliphatic heterocycles. The summed E-state index contributed by atoms with van der Waals surface area (Å²) in [5.41, 5.74) is 3.90. The highest BCUT2D eigenvalue weighted by atomic mass is 35.6. The maximum absolute atomic E-state index is 12.8. The van der Waals surface area contributed by atoms with Crippen LogP contribution in [0.2, 0.25) is 0 Å². The minimum atomic E-state index is -1.69. The number of nitrogens with zero attached hydrogens (tertiary/aromatic N) is 2. The number of fused-ring (bicyclic) bond motifs is 4. The fraction of sp³-hybridized carbons (Fsp3) is 0.400. The van der Waals surface area contributed by atoms with Crippen LogP contribution in [0, 0.1) is 16.0 Å². The summed E-state index contributed by atoms with van der Waals surface area (Å²) in [6.07, 6.45) is 1.52. The zero-order chi connectivity index (χ0) is 25.7. The van der Waals surface area contributed by atoms with Crippen molar-refractivity contribution in [2.24, 2.45) is 5.92 Å². The summed E-state index contributed by atoms with van der Waals surface area (Å²) in [6.45, 7) is 0.583. The fourth-order valence-electron chi connectivity index (χ4n) is 5.73. The van der Waals surface area contributed by atoms with Crippen LogP contribution in [0.3, 0.4) is 0 Å². The number of methoxy groups -OCH3 is 1. The average molecular weight is 553 g/mol. The summed E-state index contributed by atoms with van der Waals surface area (Å²) in [7, 11) is 1.64. The Hall–Kier alpha value is -2.68. The van der Waals surface area contributed by atoms with Gasteiger partial charge in [-0.2, -0.15) is 0 Å². The third-order valence-corrected chi connectivity index (χ3v) is 7.77. The quantitative estimate of drug-likeness (QED) is 0.245. The first-order valence-corrected chi connectivity index (χ1v) is 12.6. The number of benzene rings is 2. The Morgan fingerprint density at radius 3 is 2.81 bits per heavy atom. The number of amides is 1. The highest BCUT2D eigenvalue weighted by molar-refractivity contribution is 6.67. The molecule has 5 rings (SSSR count). The SMILES string of the molecule is COc1cccc(C23CCN(C(=O)OCC(Cl)(Cl)Cl)CC2Cc2c([nH]c4ccc([N+](=O)[O-])cc24)C3)c1. The number of hydrogen-bond acceptors (Lipinski definition) is 5. The second kappa shape index (κ2) is 9.32. The van der Waals surface area contributed by atoms with E-state index in [0.29, 0.717) is 32.4 Å². The van der Waals surface area contributed by atoms with E-state index in [-0.39, 0.29) is 28.6 Å². The predicted molar refractivity (Wildman–Crippen MR) is 138 cm³/mol. The lowest BCUT2D eigenvalue weighted by atomic mass is 9.59. The number of carbonyl (C=O) groups is 1. The number of aromatic amines is 1. The molecular formula is C25H24Cl3N3O5. The van der Waals surface area contributed by atoms with Gasteiger partial charge in [0, 0.05) is 47.2 Å². The number of halogens is 3. The second-order valence-corrected chi connectivity index (χ2v) is 11.9. The number of non-ortho nitro benzene ring substituents is 1. The molecule has 1 aliphatic carbocycles. The highest BCUT2D eigenvalue weighted by Gasteiger charge is 2.49. The van der Waals surface area contributed by atoms with Crippen molar-refractivity contribution in [3.8, 4) is 5.75 Å². The highest BCUT2D eigenvalue weighted by Crippen LogP contribution is 2.50. The van der Waals surface area contributed by atoms with Gasteiger partial charge in [0.1, 0.15) is 12.4 Å². The number of H-pyrrole nitrogens is 1. The van der Waals surface area contributed by atoms with E-state index in [1.165, 1.54) is 6.07 Å². The number of hydrogen-bond donors (Lipinski definition) is 1. The molecule has 3 aromatic rings. The molecule has 2 heterocycles. The monoisotopic (exact) mass is 551 g/mol. The molecule has 1 N–H and O–H groups in total. The molecule has 36 heavy (non-hydrogen) atoms. The van der Waals surface area contributed by atoms with E-state index in [1.807, 2.05) is 12.1 Å². The van der Waals surface area contributed by atoms with Gasteiger partial charge < -0.3 is 19.4 Å². The van der Waals surface area contributed by atoms with Gasteiger partial charge in [-0.05, 0) is 54.5 Å². The molecule has 2 atom stereocenters. The van der Waals surface area contributed by atoms with Crippen molar-refractivity contribution >= 4 is 57.5 Å². The van der Waals surface area contributed by atoms with Crippen LogP contribution < -0.4 is 4.74 Å². The van der Waals surface area contributed by atoms with Gasteiger partial charge in [-0.1, -0.05) is 46.9 Å². The van der Waals surface area contributed by atoms with E-state index in [9.17, 15) is 14.9 Å². The zero-order valence-electron chi connectivity index (χ0n) is 19.4. The van der Waals surface area contributed by atoms with Crippen molar-refractivity contribution in [2.45, 2.75) is 28.5 Å². The van der Waals surface area contributed by atoms with E-state index < -0.39 is 9.89 Å². The molecule has 11 heteroatoms. The van der Waals surface area contributed by atoms with E-state index in [1.54, 1.807) is 24.1 Å². The predicted octanol–water partition coefficient (Wildman–Crippen LogP) is 5.95. The molecule has 1 fully saturated rings. The zero-order valence-corrected chi connectivity index (χ0v) is 21.7. The molecule has 8 nitrogen and oxygen atoms in total. The Morgan fingerprint density at radius 1 is 1.28 bits per heavy atom. The summed E-state index contributed by atoms with van der Waals surface area (Å²) in [5.74, 6) is 0.799. The molecule has 2 aliphatic rings. The summed E-state index contributed by atoms with van der Waals surface area (Å²) in [6, 6.07) is 12.9. The number of ether oxygens (including phenoxy) is 2. The number of piperidine rings is 1. The van der Waals surface area contributed by atoms with Gasteiger partial charge in [0.15, 0.2) is 0 Å². The van der Waals surface area contributed by atoms with Gasteiger partial charge in [-0.15, -0.1) is 0 Å². The Kier molecular flexibility index (Phi) is 6.47. The van der Waals surface area contributed by atoms with Gasteiger partial charge in [0.25, 0.3) is 5.69 Å². The topological polar surface area (TPSA) is 97.7 Å². The van der Waals surface area contributed by atoms with Gasteiger partial charge in [0.2, 0.25) is 3.79 Å². The Labute approximate surface area is 222 Å². The summed E-state index contributed by atoms with van der Waals surface area (Å²) >= 11 is 17.3. The van der Waals surface area contributed by atoms with E-state index in [0.717, 1.165) is 33.5 Å². The van der Waals surface area contributed by atoms with E-state index in [4.69, 9.17) is 44.3 Å². The number of carbonyl (C=O) groups excluding carboxylic acids is 1. The van der Waals surface area contributed by atoms with Crippen molar-refractivity contribution < 1.29 is 19.2 Å². The van der Waals surface area contributed by atoms with Crippen LogP contribution >= 0.6 is 34.8 Å². The first kappa shape index (κ1) is 25.0. The molecule has 0 spiro atoms. The Bertz CT molecular complexity index is 1340. The number of aromatic nitrogens is 1. The van der Waals surface area contributed by atoms with Crippen LogP contribution in [0.15, 0.2) is 42.5 Å². The average Bonchev–Trinajstić information content (AvgIpc) is 3.21. The van der Waals surface area contributed by atoms with Crippen LogP contribution in [0.4, 0.5) is 10.5 Å². The van der Waals surface area contributed by atoms with E-state index in [2.05, 4.69) is 17.1 Å². The third kappa shape index (κ3) is 4.58. The van der Waals surface area contributed by atoms with Crippen molar-refractivity contribution in [1.82, 2.24) is 9.88 Å². The molecule has 1 saturated heterocycles. The number of nitrogens with one attached hydrogen (secondary N) is 1. The van der Waals surface area contributed by atoms with Crippen molar-refractivity contribution in [1.29, 1.82) is 0 Å². The molecule has 190 valence electrons. The largest absolute Gasteiger partial charge is 0.497 e. The molecule has 0 bridgehead atoms. The molecule has 2 unspecified atom stereocenters. The first-order valence-electron chi connectivity index (χ1n) is 11.5. The number of nitro groups is 1. The maximum atomic E-state index is 12.8. The molecular weight excluding hydrogens is 529 g/mol. The minimum Gasteiger partial charge on any atom is -0.497 e. The molecule has 2 aromatic carbocycles. The number of likely N-dealkylation sites (tertiary alicyclic amines) is 1. The summed E-state index contributed by atoms with van der Waals surface area (Å²) in [4.78, 5) is 29.0. The number of alkyl halides is 3. The standard InChI is InChI=1S/C25H24Cl3N3O5/c1-35-18-4-2-3-15(9-18)24-7-8-30(23(32)36-14-25(26,27)28)13-16(24)10-19-20-11-17(31(33)34)5-6-21(20)29-22(19)12-24/h2-6,9,11,16,29H,7-8,10,12-14H2,1H3. The summed E-state index contributed by atoms with van der Waals surface area (Å²) < 4.78 is 9.08. The number of rotatable bonds is 4. The number of nitro benzene ring substituents is 1. The third-order valence-electron chi connectivity index (χ3n) is 7.44. The van der Waals surface area contributed by atoms with Crippen LogP contribution in [0.5, 0.6) is 5.75 Å². The molecule has 1 amide bonds. The van der Waals surface area contributed by atoms with Gasteiger partial charge in [-0.25, -0.2) is 4.79 Å². The van der Waals surface area contributed by atoms with Crippen molar-refractivity contribution in [3.05, 3.63) is 69.4 Å². The Morgan fingerprint density at radius 2 is 2.08 bits per heavy atom. The lowest BCUT2D eigenvalue weighted by Gasteiger charge is -2.50. The van der Waals surface area contributed by atoms with E-state index >= 15 is 0 Å².